The molecule has 1 fully saturated rings. The maximum absolute atomic E-state index is 10.0. The van der Waals surface area contributed by atoms with Gasteiger partial charge in [-0.15, -0.1) is 0 Å². The van der Waals surface area contributed by atoms with Gasteiger partial charge >= 0.3 is 0 Å². The van der Waals surface area contributed by atoms with Crippen molar-refractivity contribution >= 4 is 5.57 Å². The largest absolute Gasteiger partial charge is 0.370 e. The Morgan fingerprint density at radius 1 is 0.969 bits per heavy atom. The van der Waals surface area contributed by atoms with Crippen molar-refractivity contribution in [1.29, 1.82) is 5.26 Å². The van der Waals surface area contributed by atoms with Crippen LogP contribution in [-0.4, -0.2) is 12.2 Å². The number of unbranched alkanes of at least 4 members (excludes halogenated alkanes) is 5. The van der Waals surface area contributed by atoms with E-state index in [1.807, 2.05) is 0 Å². The van der Waals surface area contributed by atoms with Crippen LogP contribution in [0.5, 0.6) is 0 Å². The summed E-state index contributed by atoms with van der Waals surface area (Å²) in [4.78, 5) is 0. The number of hydrogen-bond donors (Lipinski definition) is 0. The van der Waals surface area contributed by atoms with Crippen molar-refractivity contribution in [2.45, 2.75) is 103 Å². The van der Waals surface area contributed by atoms with Crippen molar-refractivity contribution in [3.63, 3.8) is 0 Å². The smallest absolute Gasteiger partial charge is 0.0928 e. The maximum Gasteiger partial charge on any atom is 0.0928 e. The fraction of sp³-hybridized carbons (Fsp3) is 0.633. The summed E-state index contributed by atoms with van der Waals surface area (Å²) in [5.74, 6) is 0.505. The van der Waals surface area contributed by atoms with Gasteiger partial charge in [-0.25, -0.2) is 0 Å². The number of nitrogens with zero attached hydrogens (tertiary/aromatic N) is 1. The van der Waals surface area contributed by atoms with Crippen LogP contribution < -0.4 is 0 Å². The first-order valence-electron chi connectivity index (χ1n) is 13.2. The van der Waals surface area contributed by atoms with Gasteiger partial charge in [-0.2, -0.15) is 5.26 Å². The second-order valence-electron chi connectivity index (χ2n) is 10.1. The summed E-state index contributed by atoms with van der Waals surface area (Å²) < 4.78 is 6.65. The lowest BCUT2D eigenvalue weighted by molar-refractivity contribution is -0.0682. The maximum atomic E-state index is 10.0. The minimum atomic E-state index is -0.198. The molecule has 1 aromatic rings. The van der Waals surface area contributed by atoms with Crippen molar-refractivity contribution in [3.8, 4) is 6.07 Å². The van der Waals surface area contributed by atoms with Crippen LogP contribution >= 0.6 is 0 Å². The molecule has 0 N–H and O–H groups in total. The Bertz CT molecular complexity index is 779. The molecule has 0 bridgehead atoms. The fourth-order valence-electron chi connectivity index (χ4n) is 5.56. The third kappa shape index (κ3) is 6.35. The molecule has 2 aliphatic rings. The Hall–Kier alpha value is -1.85. The number of nitriles is 1. The molecular formula is C30H43NO. The minimum absolute atomic E-state index is 0.100. The van der Waals surface area contributed by atoms with Crippen molar-refractivity contribution in [2.75, 3.05) is 6.61 Å². The molecule has 3 rings (SSSR count). The van der Waals surface area contributed by atoms with Crippen LogP contribution in [0.25, 0.3) is 5.57 Å². The Morgan fingerprint density at radius 2 is 1.69 bits per heavy atom. The van der Waals surface area contributed by atoms with Crippen LogP contribution in [0.2, 0.25) is 0 Å². The normalized spacial score (nSPS) is 27.7. The molecule has 1 aromatic carbocycles. The topological polar surface area (TPSA) is 33.0 Å². The minimum Gasteiger partial charge on any atom is -0.370 e. The van der Waals surface area contributed by atoms with E-state index in [0.29, 0.717) is 5.92 Å². The van der Waals surface area contributed by atoms with E-state index in [0.717, 1.165) is 58.0 Å². The number of rotatable bonds is 12. The summed E-state index contributed by atoms with van der Waals surface area (Å²) in [6.45, 7) is 5.31. The lowest BCUT2D eigenvalue weighted by Gasteiger charge is -2.45. The lowest BCUT2D eigenvalue weighted by atomic mass is 9.63. The highest BCUT2D eigenvalue weighted by atomic mass is 16.5. The van der Waals surface area contributed by atoms with Crippen LogP contribution in [0.4, 0.5) is 0 Å². The predicted molar refractivity (Wildman–Crippen MR) is 135 cm³/mol. The summed E-state index contributed by atoms with van der Waals surface area (Å²) >= 11 is 0. The van der Waals surface area contributed by atoms with Gasteiger partial charge < -0.3 is 4.74 Å². The predicted octanol–water partition coefficient (Wildman–Crippen LogP) is 8.65. The van der Waals surface area contributed by atoms with Gasteiger partial charge in [0, 0.05) is 6.61 Å². The van der Waals surface area contributed by atoms with Gasteiger partial charge in [-0.1, -0.05) is 101 Å². The van der Waals surface area contributed by atoms with E-state index in [4.69, 9.17) is 4.74 Å². The highest BCUT2D eigenvalue weighted by molar-refractivity contribution is 5.75. The second-order valence-corrected chi connectivity index (χ2v) is 10.1. The molecule has 1 saturated carbocycles. The molecule has 1 unspecified atom stereocenters. The molecule has 2 aliphatic carbocycles. The molecule has 2 heteroatoms. The first-order valence-corrected chi connectivity index (χ1v) is 13.2. The molecule has 0 aliphatic heterocycles. The standard InChI is InChI=1S/C30H43NO/c1-3-5-7-8-12-19-29(25-31)20-17-28(18-21-29)30(32-24-6-4-2)22-15-27(16-23-30)26-13-10-9-11-14-26/h9-11,13-16,22,28H,3-8,12,17-21,23-24H2,1-2H3. The fourth-order valence-corrected chi connectivity index (χ4v) is 5.56. The van der Waals surface area contributed by atoms with Crippen LogP contribution in [0.15, 0.2) is 48.6 Å². The summed E-state index contributed by atoms with van der Waals surface area (Å²) in [5.41, 5.74) is 2.28. The molecule has 0 amide bonds. The molecule has 0 aromatic heterocycles. The molecule has 0 heterocycles. The SMILES string of the molecule is CCCCCCCC1(C#N)CCC(C2(OCCCC)C=CC(c3ccccc3)=CC2)CC1. The molecule has 0 saturated heterocycles. The summed E-state index contributed by atoms with van der Waals surface area (Å²) in [6.07, 6.45) is 22.0. The zero-order chi connectivity index (χ0) is 22.7. The lowest BCUT2D eigenvalue weighted by Crippen LogP contribution is -2.43. The molecule has 32 heavy (non-hydrogen) atoms. The van der Waals surface area contributed by atoms with E-state index in [1.165, 1.54) is 43.2 Å². The van der Waals surface area contributed by atoms with Crippen molar-refractivity contribution in [1.82, 2.24) is 0 Å². The van der Waals surface area contributed by atoms with E-state index in [-0.39, 0.29) is 11.0 Å². The third-order valence-electron chi connectivity index (χ3n) is 7.79. The Balaban J connectivity index is 1.64. The number of benzene rings is 1. The second kappa shape index (κ2) is 12.4. The summed E-state index contributed by atoms with van der Waals surface area (Å²) in [5, 5.41) is 10.0. The van der Waals surface area contributed by atoms with E-state index in [1.54, 1.807) is 0 Å². The van der Waals surface area contributed by atoms with E-state index < -0.39 is 0 Å². The quantitative estimate of drug-likeness (QED) is 0.309. The average molecular weight is 434 g/mol. The van der Waals surface area contributed by atoms with E-state index in [9.17, 15) is 5.26 Å². The highest BCUT2D eigenvalue weighted by Crippen LogP contribution is 2.49. The first-order chi connectivity index (χ1) is 15.7. The average Bonchev–Trinajstić information content (AvgIpc) is 2.85. The van der Waals surface area contributed by atoms with Crippen LogP contribution in [0, 0.1) is 22.7 Å². The summed E-state index contributed by atoms with van der Waals surface area (Å²) in [6, 6.07) is 13.4. The van der Waals surface area contributed by atoms with Crippen molar-refractivity contribution in [3.05, 3.63) is 54.1 Å². The van der Waals surface area contributed by atoms with Gasteiger partial charge in [0.25, 0.3) is 0 Å². The Morgan fingerprint density at radius 3 is 2.31 bits per heavy atom. The number of hydrogen-bond acceptors (Lipinski definition) is 2. The van der Waals surface area contributed by atoms with Gasteiger partial charge in [0.2, 0.25) is 0 Å². The van der Waals surface area contributed by atoms with Crippen LogP contribution in [0.3, 0.4) is 0 Å². The summed E-state index contributed by atoms with van der Waals surface area (Å²) in [7, 11) is 0. The first kappa shape index (κ1) is 24.8. The Kier molecular flexibility index (Phi) is 9.61. The van der Waals surface area contributed by atoms with Gasteiger partial charge in [-0.3, -0.25) is 0 Å². The molecule has 2 nitrogen and oxygen atoms in total. The molecule has 1 atom stereocenters. The Labute approximate surface area is 196 Å². The zero-order valence-electron chi connectivity index (χ0n) is 20.5. The van der Waals surface area contributed by atoms with Crippen molar-refractivity contribution < 1.29 is 4.74 Å². The van der Waals surface area contributed by atoms with Gasteiger partial charge in [0.05, 0.1) is 17.1 Å². The third-order valence-corrected chi connectivity index (χ3v) is 7.79. The highest BCUT2D eigenvalue weighted by Gasteiger charge is 2.44. The zero-order valence-corrected chi connectivity index (χ0v) is 20.5. The monoisotopic (exact) mass is 433 g/mol. The van der Waals surface area contributed by atoms with Gasteiger partial charge in [-0.05, 0) is 62.0 Å². The van der Waals surface area contributed by atoms with Gasteiger partial charge in [0.1, 0.15) is 0 Å². The van der Waals surface area contributed by atoms with E-state index >= 15 is 0 Å². The number of allylic oxidation sites excluding steroid dienone is 2. The molecule has 174 valence electrons. The van der Waals surface area contributed by atoms with Crippen LogP contribution in [0.1, 0.15) is 103 Å². The van der Waals surface area contributed by atoms with E-state index in [2.05, 4.69) is 68.5 Å². The van der Waals surface area contributed by atoms with Gasteiger partial charge in [0.15, 0.2) is 0 Å². The number of ether oxygens (including phenoxy) is 1. The van der Waals surface area contributed by atoms with Crippen molar-refractivity contribution in [2.24, 2.45) is 11.3 Å². The molecule has 0 radical (unpaired) electrons. The molecule has 0 spiro atoms. The molecular weight excluding hydrogens is 390 g/mol. The van der Waals surface area contributed by atoms with Crippen LogP contribution in [-0.2, 0) is 4.74 Å².